The van der Waals surface area contributed by atoms with Crippen molar-refractivity contribution in [3.8, 4) is 0 Å². The van der Waals surface area contributed by atoms with Crippen LogP contribution in [0.5, 0.6) is 0 Å². The summed E-state index contributed by atoms with van der Waals surface area (Å²) in [4.78, 5) is 2.02. The second-order valence-electron chi connectivity index (χ2n) is 4.53. The predicted octanol–water partition coefficient (Wildman–Crippen LogP) is 2.03. The molecular formula is C10H18F3NO. The second kappa shape index (κ2) is 4.70. The molecule has 2 atom stereocenters. The van der Waals surface area contributed by atoms with E-state index in [4.69, 9.17) is 0 Å². The van der Waals surface area contributed by atoms with E-state index in [9.17, 15) is 18.3 Å². The van der Waals surface area contributed by atoms with Gasteiger partial charge in [-0.25, -0.2) is 0 Å². The van der Waals surface area contributed by atoms with Gasteiger partial charge >= 0.3 is 6.18 Å². The molecule has 0 unspecified atom stereocenters. The number of likely N-dealkylation sites (tertiary alicyclic amines) is 1. The van der Waals surface area contributed by atoms with Crippen molar-refractivity contribution in [3.63, 3.8) is 0 Å². The van der Waals surface area contributed by atoms with Crippen LogP contribution >= 0.6 is 0 Å². The highest BCUT2D eigenvalue weighted by Gasteiger charge is 2.35. The van der Waals surface area contributed by atoms with Crippen molar-refractivity contribution in [3.05, 3.63) is 0 Å². The summed E-state index contributed by atoms with van der Waals surface area (Å²) in [7, 11) is 0. The molecule has 0 aromatic heterocycles. The summed E-state index contributed by atoms with van der Waals surface area (Å²) >= 11 is 0. The Hall–Kier alpha value is -0.290. The molecule has 1 saturated heterocycles. The van der Waals surface area contributed by atoms with Crippen molar-refractivity contribution in [2.75, 3.05) is 13.1 Å². The van der Waals surface area contributed by atoms with Crippen LogP contribution in [0.25, 0.3) is 0 Å². The minimum absolute atomic E-state index is 0.0356. The molecule has 0 amide bonds. The Morgan fingerprint density at radius 2 is 1.93 bits per heavy atom. The number of rotatable bonds is 3. The summed E-state index contributed by atoms with van der Waals surface area (Å²) < 4.78 is 36.0. The second-order valence-corrected chi connectivity index (χ2v) is 4.53. The van der Waals surface area contributed by atoms with E-state index in [1.807, 2.05) is 18.7 Å². The molecule has 2 nitrogen and oxygen atoms in total. The fourth-order valence-corrected chi connectivity index (χ4v) is 1.94. The Kier molecular flexibility index (Phi) is 4.00. The molecule has 0 spiro atoms. The number of nitrogens with zero attached hydrogens (tertiary/aromatic N) is 1. The number of hydrogen-bond acceptors (Lipinski definition) is 2. The van der Waals surface area contributed by atoms with Gasteiger partial charge in [-0.05, 0) is 26.2 Å². The quantitative estimate of drug-likeness (QED) is 0.794. The molecule has 0 bridgehead atoms. The van der Waals surface area contributed by atoms with Crippen LogP contribution in [0.2, 0.25) is 0 Å². The van der Waals surface area contributed by atoms with Gasteiger partial charge in [-0.2, -0.15) is 13.2 Å². The highest BCUT2D eigenvalue weighted by atomic mass is 19.4. The molecule has 0 aromatic rings. The SMILES string of the molecule is CC(C)N1C[C@@H](CCC(F)(F)F)[C@H](O)C1. The first kappa shape index (κ1) is 12.8. The first-order chi connectivity index (χ1) is 6.79. The first-order valence-electron chi connectivity index (χ1n) is 5.28. The Morgan fingerprint density at radius 1 is 1.33 bits per heavy atom. The van der Waals surface area contributed by atoms with Crippen LogP contribution in [-0.4, -0.2) is 41.4 Å². The number of alkyl halides is 3. The van der Waals surface area contributed by atoms with E-state index >= 15 is 0 Å². The molecule has 5 heteroatoms. The minimum atomic E-state index is -4.11. The van der Waals surface area contributed by atoms with Gasteiger partial charge in [0.25, 0.3) is 0 Å². The lowest BCUT2D eigenvalue weighted by molar-refractivity contribution is -0.138. The first-order valence-corrected chi connectivity index (χ1v) is 5.28. The zero-order valence-corrected chi connectivity index (χ0v) is 9.09. The zero-order valence-electron chi connectivity index (χ0n) is 9.09. The number of hydrogen-bond donors (Lipinski definition) is 1. The number of halogens is 3. The molecule has 1 rings (SSSR count). The smallest absolute Gasteiger partial charge is 0.389 e. The number of aliphatic hydroxyl groups excluding tert-OH is 1. The number of aliphatic hydroxyl groups is 1. The molecular weight excluding hydrogens is 207 g/mol. The van der Waals surface area contributed by atoms with E-state index in [2.05, 4.69) is 0 Å². The summed E-state index contributed by atoms with van der Waals surface area (Å²) in [5, 5.41) is 9.60. The molecule has 1 heterocycles. The lowest BCUT2D eigenvalue weighted by Gasteiger charge is -2.19. The van der Waals surface area contributed by atoms with Gasteiger partial charge in [0.2, 0.25) is 0 Å². The maximum atomic E-state index is 12.0. The third kappa shape index (κ3) is 3.99. The summed E-state index contributed by atoms with van der Waals surface area (Å²) in [5.41, 5.74) is 0. The molecule has 1 aliphatic heterocycles. The van der Waals surface area contributed by atoms with Crippen LogP contribution in [0.1, 0.15) is 26.7 Å². The van der Waals surface area contributed by atoms with Crippen LogP contribution in [0.3, 0.4) is 0 Å². The van der Waals surface area contributed by atoms with E-state index in [0.717, 1.165) is 0 Å². The van der Waals surface area contributed by atoms with E-state index in [0.29, 0.717) is 13.1 Å². The highest BCUT2D eigenvalue weighted by Crippen LogP contribution is 2.29. The predicted molar refractivity (Wildman–Crippen MR) is 51.5 cm³/mol. The summed E-state index contributed by atoms with van der Waals surface area (Å²) in [5.74, 6) is -0.228. The van der Waals surface area contributed by atoms with Gasteiger partial charge in [0, 0.05) is 25.6 Å². The largest absolute Gasteiger partial charge is 0.391 e. The van der Waals surface area contributed by atoms with Gasteiger partial charge in [0.1, 0.15) is 0 Å². The summed E-state index contributed by atoms with van der Waals surface area (Å²) in [6, 6.07) is 0.288. The van der Waals surface area contributed by atoms with Gasteiger partial charge in [0.05, 0.1) is 6.10 Å². The van der Waals surface area contributed by atoms with Crippen molar-refractivity contribution < 1.29 is 18.3 Å². The van der Waals surface area contributed by atoms with Crippen molar-refractivity contribution in [2.24, 2.45) is 5.92 Å². The third-order valence-electron chi connectivity index (χ3n) is 2.96. The Morgan fingerprint density at radius 3 is 2.33 bits per heavy atom. The fraction of sp³-hybridized carbons (Fsp3) is 1.00. The van der Waals surface area contributed by atoms with E-state index in [1.54, 1.807) is 0 Å². The van der Waals surface area contributed by atoms with Gasteiger partial charge in [-0.1, -0.05) is 0 Å². The van der Waals surface area contributed by atoms with Crippen LogP contribution in [0.4, 0.5) is 13.2 Å². The molecule has 0 radical (unpaired) electrons. The molecule has 0 aliphatic carbocycles. The standard InChI is InChI=1S/C10H18F3NO/c1-7(2)14-5-8(9(15)6-14)3-4-10(11,12)13/h7-9,15H,3-6H2,1-2H3/t8-,9-/m1/s1. The van der Waals surface area contributed by atoms with Crippen molar-refractivity contribution in [1.29, 1.82) is 0 Å². The minimum Gasteiger partial charge on any atom is -0.391 e. The summed E-state index contributed by atoms with van der Waals surface area (Å²) in [6.07, 6.45) is -5.46. The Labute approximate surface area is 88.1 Å². The molecule has 1 fully saturated rings. The fourth-order valence-electron chi connectivity index (χ4n) is 1.94. The Balaban J connectivity index is 2.38. The molecule has 1 aliphatic rings. The topological polar surface area (TPSA) is 23.5 Å². The molecule has 0 aromatic carbocycles. The lowest BCUT2D eigenvalue weighted by Crippen LogP contribution is -2.29. The molecule has 15 heavy (non-hydrogen) atoms. The highest BCUT2D eigenvalue weighted by molar-refractivity contribution is 4.85. The Bertz CT molecular complexity index is 205. The average molecular weight is 225 g/mol. The normalized spacial score (nSPS) is 29.0. The van der Waals surface area contributed by atoms with Crippen molar-refractivity contribution >= 4 is 0 Å². The van der Waals surface area contributed by atoms with E-state index in [1.165, 1.54) is 0 Å². The third-order valence-corrected chi connectivity index (χ3v) is 2.96. The molecule has 90 valence electrons. The zero-order chi connectivity index (χ0) is 11.6. The monoisotopic (exact) mass is 225 g/mol. The number of β-amino-alcohol motifs (C(OH)–C–C–N with tert-alkyl or cyclic N) is 1. The van der Waals surface area contributed by atoms with Crippen molar-refractivity contribution in [2.45, 2.75) is 45.0 Å². The molecule has 0 saturated carbocycles. The van der Waals surface area contributed by atoms with Crippen LogP contribution in [-0.2, 0) is 0 Å². The van der Waals surface area contributed by atoms with E-state index in [-0.39, 0.29) is 18.4 Å². The van der Waals surface area contributed by atoms with Crippen molar-refractivity contribution in [1.82, 2.24) is 4.90 Å². The van der Waals surface area contributed by atoms with Crippen LogP contribution < -0.4 is 0 Å². The van der Waals surface area contributed by atoms with Gasteiger partial charge in [-0.3, -0.25) is 4.90 Å². The van der Waals surface area contributed by atoms with Gasteiger partial charge in [0.15, 0.2) is 0 Å². The lowest BCUT2D eigenvalue weighted by atomic mass is 10.00. The van der Waals surface area contributed by atoms with Crippen LogP contribution in [0.15, 0.2) is 0 Å². The van der Waals surface area contributed by atoms with Crippen LogP contribution in [0, 0.1) is 5.92 Å². The maximum absolute atomic E-state index is 12.0. The summed E-state index contributed by atoms with van der Waals surface area (Å²) in [6.45, 7) is 5.05. The van der Waals surface area contributed by atoms with Gasteiger partial charge < -0.3 is 5.11 Å². The van der Waals surface area contributed by atoms with E-state index < -0.39 is 18.7 Å². The molecule has 1 N–H and O–H groups in total. The average Bonchev–Trinajstić information content (AvgIpc) is 2.42. The van der Waals surface area contributed by atoms with Gasteiger partial charge in [-0.15, -0.1) is 0 Å². The maximum Gasteiger partial charge on any atom is 0.389 e.